The van der Waals surface area contributed by atoms with Crippen molar-refractivity contribution in [3.8, 4) is 0 Å². The zero-order valence-corrected chi connectivity index (χ0v) is 8.47. The Morgan fingerprint density at radius 1 is 1.20 bits per heavy atom. The van der Waals surface area contributed by atoms with E-state index in [1.807, 2.05) is 0 Å². The standard InChI is InChI=1S/C11H15F2NO/c12-10-3-2-9(11(13)8-10)4-6-14-5-1-7-15/h2-3,8,14-15H,1,4-7H2. The van der Waals surface area contributed by atoms with Crippen LogP contribution < -0.4 is 5.32 Å². The number of hydrogen-bond donors (Lipinski definition) is 2. The molecule has 0 saturated heterocycles. The molecule has 0 unspecified atom stereocenters. The number of benzene rings is 1. The summed E-state index contributed by atoms with van der Waals surface area (Å²) in [6.45, 7) is 1.49. The highest BCUT2D eigenvalue weighted by Crippen LogP contribution is 2.09. The van der Waals surface area contributed by atoms with Crippen molar-refractivity contribution in [1.82, 2.24) is 5.32 Å². The molecule has 1 aromatic carbocycles. The summed E-state index contributed by atoms with van der Waals surface area (Å²) in [4.78, 5) is 0. The molecule has 1 rings (SSSR count). The second-order valence-corrected chi connectivity index (χ2v) is 3.31. The predicted octanol–water partition coefficient (Wildman–Crippen LogP) is 1.48. The van der Waals surface area contributed by atoms with E-state index in [2.05, 4.69) is 5.32 Å². The first-order chi connectivity index (χ1) is 7.24. The molecular formula is C11H15F2NO. The van der Waals surface area contributed by atoms with Crippen LogP contribution in [0.25, 0.3) is 0 Å². The number of rotatable bonds is 6. The molecule has 0 aromatic heterocycles. The van der Waals surface area contributed by atoms with Crippen molar-refractivity contribution in [2.45, 2.75) is 12.8 Å². The highest BCUT2D eigenvalue weighted by Gasteiger charge is 2.02. The molecule has 0 atom stereocenters. The molecule has 0 aliphatic carbocycles. The summed E-state index contributed by atoms with van der Waals surface area (Å²) in [6, 6.07) is 3.60. The van der Waals surface area contributed by atoms with Crippen LogP contribution in [0.4, 0.5) is 8.78 Å². The lowest BCUT2D eigenvalue weighted by Crippen LogP contribution is -2.19. The third-order valence-electron chi connectivity index (χ3n) is 2.10. The molecule has 0 aliphatic rings. The van der Waals surface area contributed by atoms with Gasteiger partial charge in [-0.25, -0.2) is 8.78 Å². The number of aliphatic hydroxyl groups excluding tert-OH is 1. The molecule has 1 aromatic rings. The van der Waals surface area contributed by atoms with E-state index in [1.54, 1.807) is 0 Å². The predicted molar refractivity (Wildman–Crippen MR) is 54.6 cm³/mol. The normalized spacial score (nSPS) is 10.6. The summed E-state index contributed by atoms with van der Waals surface area (Å²) in [6.07, 6.45) is 1.21. The van der Waals surface area contributed by atoms with Crippen LogP contribution >= 0.6 is 0 Å². The summed E-state index contributed by atoms with van der Waals surface area (Å²) in [5.41, 5.74) is 0.507. The third-order valence-corrected chi connectivity index (χ3v) is 2.10. The maximum Gasteiger partial charge on any atom is 0.129 e. The van der Waals surface area contributed by atoms with E-state index in [-0.39, 0.29) is 6.61 Å². The van der Waals surface area contributed by atoms with Gasteiger partial charge in [0.1, 0.15) is 11.6 Å². The summed E-state index contributed by atoms with van der Waals surface area (Å²) < 4.78 is 25.7. The lowest BCUT2D eigenvalue weighted by molar-refractivity contribution is 0.286. The van der Waals surface area contributed by atoms with E-state index >= 15 is 0 Å². The van der Waals surface area contributed by atoms with Gasteiger partial charge in [0, 0.05) is 12.7 Å². The zero-order chi connectivity index (χ0) is 11.1. The molecule has 84 valence electrons. The fourth-order valence-electron chi connectivity index (χ4n) is 1.28. The Balaban J connectivity index is 2.31. The van der Waals surface area contributed by atoms with Crippen LogP contribution in [0.2, 0.25) is 0 Å². The van der Waals surface area contributed by atoms with Gasteiger partial charge >= 0.3 is 0 Å². The average Bonchev–Trinajstić information content (AvgIpc) is 2.20. The number of aliphatic hydroxyl groups is 1. The summed E-state index contributed by atoms with van der Waals surface area (Å²) in [7, 11) is 0. The van der Waals surface area contributed by atoms with E-state index in [9.17, 15) is 8.78 Å². The first kappa shape index (κ1) is 12.1. The minimum absolute atomic E-state index is 0.151. The van der Waals surface area contributed by atoms with Crippen molar-refractivity contribution >= 4 is 0 Å². The summed E-state index contributed by atoms with van der Waals surface area (Å²) >= 11 is 0. The van der Waals surface area contributed by atoms with Gasteiger partial charge in [-0.3, -0.25) is 0 Å². The summed E-state index contributed by atoms with van der Waals surface area (Å²) in [5.74, 6) is -1.05. The number of halogens is 2. The first-order valence-corrected chi connectivity index (χ1v) is 4.99. The van der Waals surface area contributed by atoms with Crippen LogP contribution in [-0.2, 0) is 6.42 Å². The number of hydrogen-bond acceptors (Lipinski definition) is 2. The molecule has 0 aliphatic heterocycles. The first-order valence-electron chi connectivity index (χ1n) is 4.99. The minimum Gasteiger partial charge on any atom is -0.396 e. The van der Waals surface area contributed by atoms with E-state index < -0.39 is 11.6 Å². The van der Waals surface area contributed by atoms with Crippen LogP contribution in [0.1, 0.15) is 12.0 Å². The Kier molecular flexibility index (Phi) is 5.21. The van der Waals surface area contributed by atoms with Crippen LogP contribution in [-0.4, -0.2) is 24.8 Å². The van der Waals surface area contributed by atoms with Crippen molar-refractivity contribution in [2.24, 2.45) is 0 Å². The Labute approximate surface area is 87.9 Å². The maximum atomic E-state index is 13.1. The van der Waals surface area contributed by atoms with Gasteiger partial charge in [-0.05, 0) is 37.6 Å². The second-order valence-electron chi connectivity index (χ2n) is 3.31. The molecule has 4 heteroatoms. The molecule has 2 N–H and O–H groups in total. The van der Waals surface area contributed by atoms with Crippen molar-refractivity contribution in [3.63, 3.8) is 0 Å². The van der Waals surface area contributed by atoms with Gasteiger partial charge in [0.05, 0.1) is 0 Å². The van der Waals surface area contributed by atoms with E-state index in [0.29, 0.717) is 31.5 Å². The van der Waals surface area contributed by atoms with Crippen LogP contribution in [0, 0.1) is 11.6 Å². The SMILES string of the molecule is OCCCNCCc1ccc(F)cc1F. The fourth-order valence-corrected chi connectivity index (χ4v) is 1.28. The molecule has 0 radical (unpaired) electrons. The third kappa shape index (κ3) is 4.36. The molecule has 2 nitrogen and oxygen atoms in total. The lowest BCUT2D eigenvalue weighted by atomic mass is 10.1. The maximum absolute atomic E-state index is 13.1. The topological polar surface area (TPSA) is 32.3 Å². The second kappa shape index (κ2) is 6.48. The van der Waals surface area contributed by atoms with E-state index in [1.165, 1.54) is 12.1 Å². The molecule has 15 heavy (non-hydrogen) atoms. The Hall–Kier alpha value is -1.00. The van der Waals surface area contributed by atoms with Crippen LogP contribution in [0.5, 0.6) is 0 Å². The van der Waals surface area contributed by atoms with Crippen molar-refractivity contribution in [3.05, 3.63) is 35.4 Å². The molecule has 0 heterocycles. The Morgan fingerprint density at radius 3 is 2.67 bits per heavy atom. The summed E-state index contributed by atoms with van der Waals surface area (Å²) in [5, 5.41) is 11.6. The van der Waals surface area contributed by atoms with Crippen molar-refractivity contribution < 1.29 is 13.9 Å². The van der Waals surface area contributed by atoms with Crippen molar-refractivity contribution in [2.75, 3.05) is 19.7 Å². The smallest absolute Gasteiger partial charge is 0.129 e. The Bertz CT molecular complexity index is 305. The molecule has 0 bridgehead atoms. The van der Waals surface area contributed by atoms with E-state index in [4.69, 9.17) is 5.11 Å². The van der Waals surface area contributed by atoms with Gasteiger partial charge in [0.2, 0.25) is 0 Å². The molecular weight excluding hydrogens is 200 g/mol. The number of nitrogens with one attached hydrogen (secondary N) is 1. The van der Waals surface area contributed by atoms with Gasteiger partial charge < -0.3 is 10.4 Å². The minimum atomic E-state index is -0.551. The zero-order valence-electron chi connectivity index (χ0n) is 8.47. The van der Waals surface area contributed by atoms with Crippen LogP contribution in [0.3, 0.4) is 0 Å². The highest BCUT2D eigenvalue weighted by molar-refractivity contribution is 5.18. The van der Waals surface area contributed by atoms with Crippen molar-refractivity contribution in [1.29, 1.82) is 0 Å². The molecule has 0 fully saturated rings. The molecule has 0 saturated carbocycles. The van der Waals surface area contributed by atoms with Gasteiger partial charge in [-0.1, -0.05) is 6.07 Å². The van der Waals surface area contributed by atoms with Gasteiger partial charge in [-0.15, -0.1) is 0 Å². The molecule has 0 amide bonds. The highest BCUT2D eigenvalue weighted by atomic mass is 19.1. The van der Waals surface area contributed by atoms with Gasteiger partial charge in [-0.2, -0.15) is 0 Å². The quantitative estimate of drug-likeness (QED) is 0.704. The monoisotopic (exact) mass is 215 g/mol. The average molecular weight is 215 g/mol. The van der Waals surface area contributed by atoms with Gasteiger partial charge in [0.15, 0.2) is 0 Å². The molecule has 0 spiro atoms. The van der Waals surface area contributed by atoms with Gasteiger partial charge in [0.25, 0.3) is 0 Å². The lowest BCUT2D eigenvalue weighted by Gasteiger charge is -2.04. The Morgan fingerprint density at radius 2 is 2.00 bits per heavy atom. The van der Waals surface area contributed by atoms with E-state index in [0.717, 1.165) is 6.07 Å². The van der Waals surface area contributed by atoms with Crippen LogP contribution in [0.15, 0.2) is 18.2 Å². The fraction of sp³-hybridized carbons (Fsp3) is 0.455. The largest absolute Gasteiger partial charge is 0.396 e.